The molecule has 0 spiro atoms. The van der Waals surface area contributed by atoms with Crippen molar-refractivity contribution in [3.8, 4) is 11.3 Å². The predicted molar refractivity (Wildman–Crippen MR) is 78.6 cm³/mol. The minimum absolute atomic E-state index is 0.770. The third-order valence-electron chi connectivity index (χ3n) is 2.94. The highest BCUT2D eigenvalue weighted by Crippen LogP contribution is 2.25. The van der Waals surface area contributed by atoms with Gasteiger partial charge >= 0.3 is 0 Å². The predicted octanol–water partition coefficient (Wildman–Crippen LogP) is 3.85. The van der Waals surface area contributed by atoms with Gasteiger partial charge in [0, 0.05) is 23.6 Å². The van der Waals surface area contributed by atoms with Gasteiger partial charge in [-0.05, 0) is 43.7 Å². The molecule has 2 rings (SSSR count). The maximum atomic E-state index is 6.02. The zero-order valence-electron chi connectivity index (χ0n) is 11.4. The lowest BCUT2D eigenvalue weighted by atomic mass is 10.1. The summed E-state index contributed by atoms with van der Waals surface area (Å²) in [7, 11) is 0. The van der Waals surface area contributed by atoms with E-state index in [9.17, 15) is 0 Å². The van der Waals surface area contributed by atoms with Crippen LogP contribution >= 0.6 is 11.6 Å². The third kappa shape index (κ3) is 3.82. The Morgan fingerprint density at radius 2 is 2.16 bits per heavy atom. The molecule has 0 unspecified atom stereocenters. The summed E-state index contributed by atoms with van der Waals surface area (Å²) in [5, 5.41) is 4.10. The van der Waals surface area contributed by atoms with Gasteiger partial charge in [-0.3, -0.25) is 0 Å². The monoisotopic (exact) mass is 278 g/mol. The van der Waals surface area contributed by atoms with E-state index in [1.807, 2.05) is 25.1 Å². The van der Waals surface area contributed by atoms with Gasteiger partial charge in [-0.2, -0.15) is 0 Å². The van der Waals surface area contributed by atoms with Gasteiger partial charge in [0.1, 0.15) is 0 Å². The van der Waals surface area contributed by atoms with Crippen LogP contribution in [0.2, 0.25) is 5.02 Å². The van der Waals surface area contributed by atoms with Gasteiger partial charge in [0.2, 0.25) is 0 Å². The lowest BCUT2D eigenvalue weighted by Crippen LogP contribution is -2.17. The van der Waals surface area contributed by atoms with Crippen molar-refractivity contribution >= 4 is 11.6 Å². The summed E-state index contributed by atoms with van der Waals surface area (Å²) in [5.74, 6) is 1.57. The van der Waals surface area contributed by atoms with Crippen molar-refractivity contribution in [3.63, 3.8) is 0 Å². The molecular formula is C15H19ClN2O. The number of oxazole rings is 1. The van der Waals surface area contributed by atoms with Crippen LogP contribution in [-0.4, -0.2) is 18.1 Å². The van der Waals surface area contributed by atoms with Gasteiger partial charge in [-0.1, -0.05) is 18.5 Å². The molecule has 0 amide bonds. The summed E-state index contributed by atoms with van der Waals surface area (Å²) in [6.07, 6.45) is 3.73. The van der Waals surface area contributed by atoms with Crippen LogP contribution in [0.3, 0.4) is 0 Å². The van der Waals surface area contributed by atoms with E-state index in [1.54, 1.807) is 6.20 Å². The molecule has 1 aromatic carbocycles. The number of nitrogens with zero attached hydrogens (tertiary/aromatic N) is 1. The third-order valence-corrected chi connectivity index (χ3v) is 3.36. The maximum absolute atomic E-state index is 6.02. The number of hydrogen-bond donors (Lipinski definition) is 1. The van der Waals surface area contributed by atoms with Crippen LogP contribution in [0.25, 0.3) is 11.3 Å². The van der Waals surface area contributed by atoms with Crippen molar-refractivity contribution in [1.82, 2.24) is 10.3 Å². The van der Waals surface area contributed by atoms with E-state index in [2.05, 4.69) is 17.2 Å². The average molecular weight is 279 g/mol. The van der Waals surface area contributed by atoms with Crippen molar-refractivity contribution < 1.29 is 4.42 Å². The standard InChI is InChI=1S/C15H19ClN2O/c1-3-7-17-8-6-15-18-10-14(19-15)12-4-5-13(16)11(2)9-12/h4-5,9-10,17H,3,6-8H2,1-2H3. The molecule has 4 heteroatoms. The summed E-state index contributed by atoms with van der Waals surface area (Å²) >= 11 is 6.02. The zero-order chi connectivity index (χ0) is 13.7. The SMILES string of the molecule is CCCNCCc1ncc(-c2ccc(Cl)c(C)c2)o1. The van der Waals surface area contributed by atoms with Gasteiger partial charge in [0.25, 0.3) is 0 Å². The maximum Gasteiger partial charge on any atom is 0.196 e. The van der Waals surface area contributed by atoms with E-state index in [1.165, 1.54) is 0 Å². The fraction of sp³-hybridized carbons (Fsp3) is 0.400. The number of aromatic nitrogens is 1. The van der Waals surface area contributed by atoms with Gasteiger partial charge in [-0.25, -0.2) is 4.98 Å². The van der Waals surface area contributed by atoms with Crippen molar-refractivity contribution in [2.24, 2.45) is 0 Å². The second kappa shape index (κ2) is 6.73. The fourth-order valence-electron chi connectivity index (χ4n) is 1.85. The molecule has 1 heterocycles. The Hall–Kier alpha value is -1.32. The van der Waals surface area contributed by atoms with Crippen molar-refractivity contribution in [2.75, 3.05) is 13.1 Å². The van der Waals surface area contributed by atoms with E-state index in [0.717, 1.165) is 53.7 Å². The number of aryl methyl sites for hydroxylation is 1. The molecule has 0 aliphatic carbocycles. The van der Waals surface area contributed by atoms with Gasteiger partial charge in [0.05, 0.1) is 6.20 Å². The van der Waals surface area contributed by atoms with Crippen LogP contribution in [0.5, 0.6) is 0 Å². The van der Waals surface area contributed by atoms with Crippen LogP contribution in [0, 0.1) is 6.92 Å². The second-order valence-corrected chi connectivity index (χ2v) is 4.99. The van der Waals surface area contributed by atoms with Gasteiger partial charge in [-0.15, -0.1) is 0 Å². The first-order chi connectivity index (χ1) is 9.20. The number of rotatable bonds is 6. The lowest BCUT2D eigenvalue weighted by Gasteiger charge is -2.01. The average Bonchev–Trinajstić information content (AvgIpc) is 2.87. The van der Waals surface area contributed by atoms with Gasteiger partial charge in [0.15, 0.2) is 11.7 Å². The molecule has 0 radical (unpaired) electrons. The van der Waals surface area contributed by atoms with Crippen LogP contribution < -0.4 is 5.32 Å². The first-order valence-electron chi connectivity index (χ1n) is 6.62. The molecule has 0 bridgehead atoms. The minimum Gasteiger partial charge on any atom is -0.441 e. The van der Waals surface area contributed by atoms with Crippen LogP contribution in [0.4, 0.5) is 0 Å². The van der Waals surface area contributed by atoms with E-state index in [0.29, 0.717) is 0 Å². The highest BCUT2D eigenvalue weighted by Gasteiger charge is 2.07. The molecule has 1 aromatic heterocycles. The summed E-state index contributed by atoms with van der Waals surface area (Å²) < 4.78 is 5.75. The Morgan fingerprint density at radius 1 is 1.32 bits per heavy atom. The Balaban J connectivity index is 2.01. The van der Waals surface area contributed by atoms with E-state index >= 15 is 0 Å². The largest absolute Gasteiger partial charge is 0.441 e. The summed E-state index contributed by atoms with van der Waals surface area (Å²) in [6, 6.07) is 5.86. The molecule has 0 saturated carbocycles. The zero-order valence-corrected chi connectivity index (χ0v) is 12.1. The molecule has 0 saturated heterocycles. The lowest BCUT2D eigenvalue weighted by molar-refractivity contribution is 0.495. The topological polar surface area (TPSA) is 38.1 Å². The van der Waals surface area contributed by atoms with Crippen LogP contribution in [0.1, 0.15) is 24.8 Å². The minimum atomic E-state index is 0.770. The van der Waals surface area contributed by atoms with Gasteiger partial charge < -0.3 is 9.73 Å². The molecule has 0 atom stereocenters. The van der Waals surface area contributed by atoms with Crippen molar-refractivity contribution in [3.05, 3.63) is 40.9 Å². The second-order valence-electron chi connectivity index (χ2n) is 4.58. The molecule has 2 aromatic rings. The fourth-order valence-corrected chi connectivity index (χ4v) is 1.97. The molecule has 102 valence electrons. The molecule has 19 heavy (non-hydrogen) atoms. The highest BCUT2D eigenvalue weighted by atomic mass is 35.5. The highest BCUT2D eigenvalue weighted by molar-refractivity contribution is 6.31. The Morgan fingerprint density at radius 3 is 2.89 bits per heavy atom. The first-order valence-corrected chi connectivity index (χ1v) is 7.00. The smallest absolute Gasteiger partial charge is 0.196 e. The summed E-state index contributed by atoms with van der Waals surface area (Å²) in [5.41, 5.74) is 2.06. The normalized spacial score (nSPS) is 10.9. The molecule has 1 N–H and O–H groups in total. The number of halogens is 1. The quantitative estimate of drug-likeness (QED) is 0.816. The van der Waals surface area contributed by atoms with Crippen molar-refractivity contribution in [1.29, 1.82) is 0 Å². The van der Waals surface area contributed by atoms with Crippen LogP contribution in [-0.2, 0) is 6.42 Å². The van der Waals surface area contributed by atoms with E-state index in [-0.39, 0.29) is 0 Å². The van der Waals surface area contributed by atoms with E-state index < -0.39 is 0 Å². The Labute approximate surface area is 119 Å². The Kier molecular flexibility index (Phi) is 5.00. The van der Waals surface area contributed by atoms with Crippen molar-refractivity contribution in [2.45, 2.75) is 26.7 Å². The molecule has 0 fully saturated rings. The number of benzene rings is 1. The molecular weight excluding hydrogens is 260 g/mol. The molecule has 0 aliphatic heterocycles. The number of hydrogen-bond acceptors (Lipinski definition) is 3. The van der Waals surface area contributed by atoms with E-state index in [4.69, 9.17) is 16.0 Å². The van der Waals surface area contributed by atoms with Crippen LogP contribution in [0.15, 0.2) is 28.8 Å². The Bertz CT molecular complexity index is 537. The summed E-state index contributed by atoms with van der Waals surface area (Å²) in [4.78, 5) is 4.30. The molecule has 0 aliphatic rings. The summed E-state index contributed by atoms with van der Waals surface area (Å²) in [6.45, 7) is 6.06. The number of nitrogens with one attached hydrogen (secondary N) is 1. The first kappa shape index (κ1) is 14.1. The molecule has 3 nitrogen and oxygen atoms in total.